The van der Waals surface area contributed by atoms with Gasteiger partial charge in [0.1, 0.15) is 0 Å². The molecule has 0 spiro atoms. The number of amides is 3. The van der Waals surface area contributed by atoms with Crippen LogP contribution in [-0.2, 0) is 15.0 Å². The van der Waals surface area contributed by atoms with Crippen LogP contribution in [0, 0.1) is 5.92 Å². The molecule has 0 aliphatic carbocycles. The van der Waals surface area contributed by atoms with E-state index in [2.05, 4.69) is 26.1 Å². The van der Waals surface area contributed by atoms with Crippen LogP contribution in [0.25, 0.3) is 0 Å². The normalized spacial score (nSPS) is 18.3. The first-order valence-corrected chi connectivity index (χ1v) is 8.83. The van der Waals surface area contributed by atoms with Crippen molar-refractivity contribution >= 4 is 17.7 Å². The minimum Gasteiger partial charge on any atom is -0.348 e. The van der Waals surface area contributed by atoms with Crippen molar-refractivity contribution in [2.75, 3.05) is 19.6 Å². The van der Waals surface area contributed by atoms with Crippen LogP contribution < -0.4 is 16.8 Å². The van der Waals surface area contributed by atoms with E-state index in [0.717, 1.165) is 5.56 Å². The van der Waals surface area contributed by atoms with Gasteiger partial charge in [0.2, 0.25) is 11.8 Å². The SMILES string of the molecule is CC(C)(C)c1ccc(C(=O)NC(CN)CC(=O)N2CC(CN)C2=O)cc1. The van der Waals surface area contributed by atoms with Crippen molar-refractivity contribution < 1.29 is 14.4 Å². The van der Waals surface area contributed by atoms with Gasteiger partial charge < -0.3 is 16.8 Å². The fourth-order valence-electron chi connectivity index (χ4n) is 2.80. The lowest BCUT2D eigenvalue weighted by atomic mass is 9.86. The summed E-state index contributed by atoms with van der Waals surface area (Å²) >= 11 is 0. The van der Waals surface area contributed by atoms with E-state index in [1.807, 2.05) is 12.1 Å². The summed E-state index contributed by atoms with van der Waals surface area (Å²) in [5, 5.41) is 2.77. The smallest absolute Gasteiger partial charge is 0.251 e. The van der Waals surface area contributed by atoms with E-state index in [1.54, 1.807) is 12.1 Å². The quantitative estimate of drug-likeness (QED) is 0.634. The number of benzene rings is 1. The van der Waals surface area contributed by atoms with Crippen molar-refractivity contribution in [1.82, 2.24) is 10.2 Å². The Morgan fingerprint density at radius 3 is 2.31 bits per heavy atom. The Labute approximate surface area is 154 Å². The number of β-lactam (4-membered cyclic amide) rings is 1. The van der Waals surface area contributed by atoms with Gasteiger partial charge in [-0.15, -0.1) is 0 Å². The van der Waals surface area contributed by atoms with Crippen molar-refractivity contribution in [2.45, 2.75) is 38.6 Å². The van der Waals surface area contributed by atoms with Gasteiger partial charge >= 0.3 is 0 Å². The molecule has 1 aromatic rings. The minimum absolute atomic E-state index is 0.00631. The van der Waals surface area contributed by atoms with Crippen molar-refractivity contribution in [1.29, 1.82) is 0 Å². The maximum Gasteiger partial charge on any atom is 0.251 e. The van der Waals surface area contributed by atoms with Crippen LogP contribution in [0.5, 0.6) is 0 Å². The lowest BCUT2D eigenvalue weighted by Crippen LogP contribution is -2.58. The van der Waals surface area contributed by atoms with E-state index in [4.69, 9.17) is 11.5 Å². The Balaban J connectivity index is 1.94. The van der Waals surface area contributed by atoms with Crippen molar-refractivity contribution in [2.24, 2.45) is 17.4 Å². The van der Waals surface area contributed by atoms with Crippen LogP contribution >= 0.6 is 0 Å². The Morgan fingerprint density at radius 2 is 1.85 bits per heavy atom. The molecule has 26 heavy (non-hydrogen) atoms. The molecule has 0 aromatic heterocycles. The molecule has 5 N–H and O–H groups in total. The summed E-state index contributed by atoms with van der Waals surface area (Å²) in [6, 6.07) is 6.83. The number of nitrogens with zero attached hydrogens (tertiary/aromatic N) is 1. The summed E-state index contributed by atoms with van der Waals surface area (Å²) < 4.78 is 0. The maximum absolute atomic E-state index is 12.4. The van der Waals surface area contributed by atoms with Gasteiger partial charge in [0.05, 0.1) is 12.0 Å². The van der Waals surface area contributed by atoms with Gasteiger partial charge in [0.15, 0.2) is 0 Å². The third kappa shape index (κ3) is 4.47. The highest BCUT2D eigenvalue weighted by atomic mass is 16.2. The highest BCUT2D eigenvalue weighted by Gasteiger charge is 2.39. The number of imide groups is 1. The summed E-state index contributed by atoms with van der Waals surface area (Å²) in [6.45, 7) is 7.00. The molecular formula is C19H28N4O3. The predicted molar refractivity (Wildman–Crippen MR) is 99.3 cm³/mol. The Bertz CT molecular complexity index is 679. The van der Waals surface area contributed by atoms with Gasteiger partial charge in [-0.05, 0) is 23.1 Å². The van der Waals surface area contributed by atoms with Gasteiger partial charge in [0, 0.05) is 31.6 Å². The van der Waals surface area contributed by atoms with E-state index >= 15 is 0 Å². The van der Waals surface area contributed by atoms with E-state index in [9.17, 15) is 14.4 Å². The van der Waals surface area contributed by atoms with Crippen LogP contribution in [0.15, 0.2) is 24.3 Å². The van der Waals surface area contributed by atoms with Gasteiger partial charge in [0.25, 0.3) is 5.91 Å². The molecule has 7 nitrogen and oxygen atoms in total. The Hall–Kier alpha value is -2.25. The van der Waals surface area contributed by atoms with Crippen LogP contribution in [0.2, 0.25) is 0 Å². The topological polar surface area (TPSA) is 119 Å². The molecule has 1 fully saturated rings. The summed E-state index contributed by atoms with van der Waals surface area (Å²) in [5.74, 6) is -1.15. The zero-order valence-electron chi connectivity index (χ0n) is 15.6. The average Bonchev–Trinajstić information content (AvgIpc) is 2.59. The molecule has 1 aliphatic heterocycles. The molecule has 2 unspecified atom stereocenters. The summed E-state index contributed by atoms with van der Waals surface area (Å²) in [7, 11) is 0. The largest absolute Gasteiger partial charge is 0.348 e. The van der Waals surface area contributed by atoms with Crippen LogP contribution in [0.3, 0.4) is 0 Å². The fourth-order valence-corrected chi connectivity index (χ4v) is 2.80. The fraction of sp³-hybridized carbons (Fsp3) is 0.526. The molecule has 1 heterocycles. The Kier molecular flexibility index (Phi) is 6.15. The summed E-state index contributed by atoms with van der Waals surface area (Å²) in [5.41, 5.74) is 12.8. The molecule has 0 radical (unpaired) electrons. The minimum atomic E-state index is -0.526. The second-order valence-electron chi connectivity index (χ2n) is 7.71. The maximum atomic E-state index is 12.4. The first-order valence-electron chi connectivity index (χ1n) is 8.83. The van der Waals surface area contributed by atoms with Gasteiger partial charge in [-0.1, -0.05) is 32.9 Å². The lowest BCUT2D eigenvalue weighted by Gasteiger charge is -2.36. The summed E-state index contributed by atoms with van der Waals surface area (Å²) in [6.07, 6.45) is -0.00859. The molecule has 0 saturated carbocycles. The number of carbonyl (C=O) groups is 3. The molecule has 1 saturated heterocycles. The molecule has 7 heteroatoms. The first-order chi connectivity index (χ1) is 12.2. The highest BCUT2D eigenvalue weighted by Crippen LogP contribution is 2.22. The van der Waals surface area contributed by atoms with E-state index in [0.29, 0.717) is 12.1 Å². The zero-order chi connectivity index (χ0) is 19.5. The molecule has 3 amide bonds. The van der Waals surface area contributed by atoms with Crippen LogP contribution in [0.1, 0.15) is 43.1 Å². The standard InChI is InChI=1S/C19H28N4O3/c1-19(2,3)14-6-4-12(5-7-14)17(25)22-15(10-21)8-16(24)23-11-13(9-20)18(23)26/h4-7,13,15H,8-11,20-21H2,1-3H3,(H,22,25). The lowest BCUT2D eigenvalue weighted by molar-refractivity contribution is -0.158. The van der Waals surface area contributed by atoms with Crippen LogP contribution in [-0.4, -0.2) is 48.3 Å². The van der Waals surface area contributed by atoms with Crippen molar-refractivity contribution in [3.8, 4) is 0 Å². The third-order valence-electron chi connectivity index (χ3n) is 4.66. The van der Waals surface area contributed by atoms with Gasteiger partial charge in [-0.25, -0.2) is 0 Å². The third-order valence-corrected chi connectivity index (χ3v) is 4.66. The number of nitrogens with two attached hydrogens (primary N) is 2. The predicted octanol–water partition coefficient (Wildman–Crippen LogP) is 0.375. The first kappa shape index (κ1) is 20.1. The monoisotopic (exact) mass is 360 g/mol. The molecule has 1 aliphatic rings. The number of nitrogens with one attached hydrogen (secondary N) is 1. The highest BCUT2D eigenvalue weighted by molar-refractivity contribution is 6.01. The number of carbonyl (C=O) groups excluding carboxylic acids is 3. The second kappa shape index (κ2) is 7.97. The molecule has 1 aromatic carbocycles. The number of likely N-dealkylation sites (tertiary alicyclic amines) is 1. The van der Waals surface area contributed by atoms with Crippen LogP contribution in [0.4, 0.5) is 0 Å². The molecular weight excluding hydrogens is 332 g/mol. The van der Waals surface area contributed by atoms with Gasteiger partial charge in [-0.2, -0.15) is 0 Å². The average molecular weight is 360 g/mol. The Morgan fingerprint density at radius 1 is 1.23 bits per heavy atom. The van der Waals surface area contributed by atoms with E-state index in [-0.39, 0.29) is 48.6 Å². The summed E-state index contributed by atoms with van der Waals surface area (Å²) in [4.78, 5) is 37.5. The molecule has 142 valence electrons. The molecule has 2 rings (SSSR count). The molecule has 2 atom stereocenters. The number of rotatable bonds is 6. The van der Waals surface area contributed by atoms with Crippen molar-refractivity contribution in [3.63, 3.8) is 0 Å². The zero-order valence-corrected chi connectivity index (χ0v) is 15.6. The van der Waals surface area contributed by atoms with Crippen molar-refractivity contribution in [3.05, 3.63) is 35.4 Å². The van der Waals surface area contributed by atoms with E-state index < -0.39 is 6.04 Å². The number of hydrogen-bond acceptors (Lipinski definition) is 5. The second-order valence-corrected chi connectivity index (χ2v) is 7.71. The van der Waals surface area contributed by atoms with E-state index in [1.165, 1.54) is 4.90 Å². The number of hydrogen-bond donors (Lipinski definition) is 3. The molecule has 0 bridgehead atoms. The van der Waals surface area contributed by atoms with Gasteiger partial charge in [-0.3, -0.25) is 19.3 Å².